The molecule has 0 aromatic heterocycles. The summed E-state index contributed by atoms with van der Waals surface area (Å²) in [5.74, 6) is -1.28. The number of allylic oxidation sites excluding steroid dienone is 1. The number of nitriles is 1. The molecule has 17 heavy (non-hydrogen) atoms. The Balaban J connectivity index is 2.23. The quantitative estimate of drug-likeness (QED) is 0.807. The number of benzene rings is 1. The van der Waals surface area contributed by atoms with Gasteiger partial charge in [-0.25, -0.2) is 0 Å². The third kappa shape index (κ3) is 2.21. The monoisotopic (exact) mass is 227 g/mol. The molecule has 1 fully saturated rings. The van der Waals surface area contributed by atoms with E-state index in [0.717, 1.165) is 5.56 Å². The van der Waals surface area contributed by atoms with Gasteiger partial charge >= 0.3 is 5.97 Å². The Kier molecular flexibility index (Phi) is 2.97. The van der Waals surface area contributed by atoms with Gasteiger partial charge in [-0.1, -0.05) is 37.3 Å². The Morgan fingerprint density at radius 1 is 1.35 bits per heavy atom. The largest absolute Gasteiger partial charge is 0.481 e. The van der Waals surface area contributed by atoms with Gasteiger partial charge in [0.1, 0.15) is 0 Å². The lowest BCUT2D eigenvalue weighted by Gasteiger charge is -1.96. The molecule has 86 valence electrons. The maximum absolute atomic E-state index is 10.9. The third-order valence-electron chi connectivity index (χ3n) is 3.27. The van der Waals surface area contributed by atoms with E-state index < -0.39 is 11.9 Å². The van der Waals surface area contributed by atoms with E-state index in [1.54, 1.807) is 6.08 Å². The van der Waals surface area contributed by atoms with Gasteiger partial charge in [0.15, 0.2) is 0 Å². The molecular weight excluding hydrogens is 214 g/mol. The SMILES string of the molecule is CC1[C@@H](C(=O)O)[C@@H]1C(C#N)=Cc1ccccc1. The van der Waals surface area contributed by atoms with E-state index in [4.69, 9.17) is 10.4 Å². The van der Waals surface area contributed by atoms with Gasteiger partial charge in [0.05, 0.1) is 12.0 Å². The first kappa shape index (κ1) is 11.4. The molecule has 0 radical (unpaired) electrons. The molecule has 1 aliphatic rings. The van der Waals surface area contributed by atoms with E-state index in [1.165, 1.54) is 0 Å². The fraction of sp³-hybridized carbons (Fsp3) is 0.286. The molecule has 1 aromatic carbocycles. The molecule has 1 saturated carbocycles. The number of carboxylic acids is 1. The lowest BCUT2D eigenvalue weighted by Crippen LogP contribution is -2.00. The smallest absolute Gasteiger partial charge is 0.307 e. The van der Waals surface area contributed by atoms with Crippen molar-refractivity contribution in [2.75, 3.05) is 0 Å². The Morgan fingerprint density at radius 2 is 2.00 bits per heavy atom. The van der Waals surface area contributed by atoms with Crippen molar-refractivity contribution < 1.29 is 9.90 Å². The van der Waals surface area contributed by atoms with Crippen molar-refractivity contribution in [2.24, 2.45) is 17.8 Å². The number of hydrogen-bond acceptors (Lipinski definition) is 2. The topological polar surface area (TPSA) is 61.1 Å². The van der Waals surface area contributed by atoms with Gasteiger partial charge in [-0.2, -0.15) is 5.26 Å². The average molecular weight is 227 g/mol. The standard InChI is InChI=1S/C14H13NO2/c1-9-12(13(9)14(16)17)11(8-15)7-10-5-3-2-4-6-10/h2-7,9,12-13H,1H3,(H,16,17)/t9?,12-,13+/m0/s1. The number of rotatable bonds is 3. The normalized spacial score (nSPS) is 27.3. The zero-order valence-corrected chi connectivity index (χ0v) is 9.50. The molecule has 0 heterocycles. The maximum atomic E-state index is 10.9. The van der Waals surface area contributed by atoms with Crippen LogP contribution in [-0.4, -0.2) is 11.1 Å². The van der Waals surface area contributed by atoms with Crippen molar-refractivity contribution in [2.45, 2.75) is 6.92 Å². The average Bonchev–Trinajstić information content (AvgIpc) is 2.99. The van der Waals surface area contributed by atoms with E-state index >= 15 is 0 Å². The highest BCUT2D eigenvalue weighted by atomic mass is 16.4. The van der Waals surface area contributed by atoms with Crippen molar-refractivity contribution in [3.05, 3.63) is 41.5 Å². The minimum atomic E-state index is -0.809. The van der Waals surface area contributed by atoms with Crippen LogP contribution in [0.1, 0.15) is 12.5 Å². The van der Waals surface area contributed by atoms with Crippen LogP contribution in [0.2, 0.25) is 0 Å². The summed E-state index contributed by atoms with van der Waals surface area (Å²) in [5, 5.41) is 18.1. The van der Waals surface area contributed by atoms with Gasteiger partial charge < -0.3 is 5.11 Å². The van der Waals surface area contributed by atoms with Crippen LogP contribution >= 0.6 is 0 Å². The summed E-state index contributed by atoms with van der Waals surface area (Å²) in [6, 6.07) is 11.6. The molecule has 1 aromatic rings. The molecule has 0 aliphatic heterocycles. The van der Waals surface area contributed by atoms with Crippen molar-refractivity contribution in [3.8, 4) is 6.07 Å². The number of hydrogen-bond donors (Lipinski definition) is 1. The van der Waals surface area contributed by atoms with Crippen LogP contribution in [0.25, 0.3) is 6.08 Å². The Morgan fingerprint density at radius 3 is 2.47 bits per heavy atom. The zero-order chi connectivity index (χ0) is 12.4. The van der Waals surface area contributed by atoms with Crippen LogP contribution in [0.15, 0.2) is 35.9 Å². The molecule has 0 spiro atoms. The van der Waals surface area contributed by atoms with Gasteiger partial charge in [-0.3, -0.25) is 4.79 Å². The van der Waals surface area contributed by atoms with Gasteiger partial charge in [-0.05, 0) is 17.6 Å². The van der Waals surface area contributed by atoms with Gasteiger partial charge in [0.25, 0.3) is 0 Å². The second-order valence-electron chi connectivity index (χ2n) is 4.37. The first-order valence-electron chi connectivity index (χ1n) is 5.54. The van der Waals surface area contributed by atoms with Gasteiger partial charge in [0, 0.05) is 11.5 Å². The first-order valence-corrected chi connectivity index (χ1v) is 5.54. The first-order chi connectivity index (χ1) is 8.15. The van der Waals surface area contributed by atoms with Crippen molar-refractivity contribution in [1.82, 2.24) is 0 Å². The van der Waals surface area contributed by atoms with E-state index in [2.05, 4.69) is 6.07 Å². The Bertz CT molecular complexity index is 499. The van der Waals surface area contributed by atoms with Crippen LogP contribution in [0, 0.1) is 29.1 Å². The number of carbonyl (C=O) groups is 1. The highest BCUT2D eigenvalue weighted by molar-refractivity contribution is 5.77. The van der Waals surface area contributed by atoms with E-state index in [0.29, 0.717) is 5.57 Å². The van der Waals surface area contributed by atoms with Crippen LogP contribution < -0.4 is 0 Å². The van der Waals surface area contributed by atoms with Crippen LogP contribution in [0.5, 0.6) is 0 Å². The molecule has 3 atom stereocenters. The summed E-state index contributed by atoms with van der Waals surface area (Å²) in [6.45, 7) is 1.87. The lowest BCUT2D eigenvalue weighted by atomic mass is 10.1. The molecule has 1 aliphatic carbocycles. The Hall–Kier alpha value is -2.08. The third-order valence-corrected chi connectivity index (χ3v) is 3.27. The molecule has 3 nitrogen and oxygen atoms in total. The lowest BCUT2D eigenvalue weighted by molar-refractivity contribution is -0.139. The molecular formula is C14H13NO2. The number of aliphatic carboxylic acids is 1. The molecule has 0 bridgehead atoms. The van der Waals surface area contributed by atoms with Crippen LogP contribution in [0.3, 0.4) is 0 Å². The van der Waals surface area contributed by atoms with Crippen molar-refractivity contribution in [3.63, 3.8) is 0 Å². The molecule has 2 rings (SSSR count). The second-order valence-corrected chi connectivity index (χ2v) is 4.37. The fourth-order valence-corrected chi connectivity index (χ4v) is 2.25. The summed E-state index contributed by atoms with van der Waals surface area (Å²) in [5.41, 5.74) is 1.50. The predicted molar refractivity (Wildman–Crippen MR) is 63.8 cm³/mol. The van der Waals surface area contributed by atoms with Crippen molar-refractivity contribution in [1.29, 1.82) is 5.26 Å². The van der Waals surface area contributed by atoms with Crippen LogP contribution in [0.4, 0.5) is 0 Å². The fourth-order valence-electron chi connectivity index (χ4n) is 2.25. The van der Waals surface area contributed by atoms with Gasteiger partial charge in [0.2, 0.25) is 0 Å². The highest BCUT2D eigenvalue weighted by Gasteiger charge is 2.53. The summed E-state index contributed by atoms with van der Waals surface area (Å²) >= 11 is 0. The van der Waals surface area contributed by atoms with Gasteiger partial charge in [-0.15, -0.1) is 0 Å². The van der Waals surface area contributed by atoms with Crippen molar-refractivity contribution >= 4 is 12.0 Å². The van der Waals surface area contributed by atoms with E-state index in [1.807, 2.05) is 37.3 Å². The van der Waals surface area contributed by atoms with E-state index in [9.17, 15) is 4.79 Å². The Labute approximate surface area is 100 Å². The molecule has 0 saturated heterocycles. The number of carboxylic acid groups (broad SMARTS) is 1. The molecule has 1 unspecified atom stereocenters. The summed E-state index contributed by atoms with van der Waals surface area (Å²) in [6.07, 6.45) is 1.78. The summed E-state index contributed by atoms with van der Waals surface area (Å²) in [4.78, 5) is 10.9. The molecule has 1 N–H and O–H groups in total. The number of nitrogens with zero attached hydrogens (tertiary/aromatic N) is 1. The van der Waals surface area contributed by atoms with E-state index in [-0.39, 0.29) is 11.8 Å². The van der Waals surface area contributed by atoms with Crippen LogP contribution in [-0.2, 0) is 4.79 Å². The predicted octanol–water partition coefficient (Wildman–Crippen LogP) is 2.56. The molecule has 0 amide bonds. The summed E-state index contributed by atoms with van der Waals surface area (Å²) in [7, 11) is 0. The maximum Gasteiger partial charge on any atom is 0.307 e. The minimum Gasteiger partial charge on any atom is -0.481 e. The zero-order valence-electron chi connectivity index (χ0n) is 9.50. The molecule has 3 heteroatoms. The second kappa shape index (κ2) is 4.42. The summed E-state index contributed by atoms with van der Waals surface area (Å²) < 4.78 is 0. The minimum absolute atomic E-state index is 0.0575. The highest BCUT2D eigenvalue weighted by Crippen LogP contribution is 2.50.